The quantitative estimate of drug-likeness (QED) is 0.446. The zero-order valence-corrected chi connectivity index (χ0v) is 5.87. The van der Waals surface area contributed by atoms with Gasteiger partial charge in [-0.15, -0.1) is 11.6 Å². The van der Waals surface area contributed by atoms with Crippen LogP contribution in [0.5, 0.6) is 0 Å². The van der Waals surface area contributed by atoms with Gasteiger partial charge in [0.15, 0.2) is 6.07 Å². The summed E-state index contributed by atoms with van der Waals surface area (Å²) in [6, 6.07) is -0.129. The van der Waals surface area contributed by atoms with Gasteiger partial charge in [0.2, 0.25) is 0 Å². The lowest BCUT2D eigenvalue weighted by Crippen LogP contribution is -2.12. The monoisotopic (exact) mass is 156 g/mol. The normalized spacial score (nSPS) is 12.9. The van der Waals surface area contributed by atoms with Gasteiger partial charge in [0, 0.05) is 0 Å². The molecule has 0 aromatic rings. The lowest BCUT2D eigenvalue weighted by atomic mass is 10.5. The van der Waals surface area contributed by atoms with Gasteiger partial charge in [0.25, 0.3) is 0 Å². The molecule has 0 saturated heterocycles. The maximum atomic E-state index is 10.3. The predicted molar refractivity (Wildman–Crippen MR) is 32.1 cm³/mol. The Morgan fingerprint density at radius 2 is 2.38 bits per heavy atom. The fourth-order valence-corrected chi connectivity index (χ4v) is 0.339. The van der Waals surface area contributed by atoms with E-state index in [2.05, 4.69) is 4.74 Å². The van der Waals surface area contributed by atoms with Gasteiger partial charge >= 0.3 is 5.97 Å². The molecule has 0 bridgehead atoms. The molecule has 0 fully saturated rings. The second-order valence-corrected chi connectivity index (χ2v) is 2.06. The third-order valence-corrected chi connectivity index (χ3v) is 0.809. The van der Waals surface area contributed by atoms with Crippen LogP contribution in [0, 0.1) is 0 Å². The predicted octanol–water partition coefficient (Wildman–Crippen LogP) is 1.35. The maximum absolute atomic E-state index is 10.3. The van der Waals surface area contributed by atoms with E-state index < -0.39 is 11.3 Å². The van der Waals surface area contributed by atoms with Crippen LogP contribution in [0.2, 0.25) is 0 Å². The number of rotatable bonds is 2. The highest BCUT2D eigenvalue weighted by Gasteiger charge is 2.08. The van der Waals surface area contributed by atoms with Gasteiger partial charge in [-0.2, -0.15) is 0 Å². The third kappa shape index (κ3) is 3.10. The molecule has 0 aromatic heterocycles. The Balaban J connectivity index is 3.33. The first-order valence-electron chi connectivity index (χ1n) is 2.05. The SMILES string of the molecule is CC(Cl)C(=O)OCCl. The Kier molecular flexibility index (Phi) is 4.01. The van der Waals surface area contributed by atoms with Crippen LogP contribution >= 0.6 is 23.2 Å². The third-order valence-electron chi connectivity index (χ3n) is 0.522. The highest BCUT2D eigenvalue weighted by Crippen LogP contribution is 1.96. The summed E-state index contributed by atoms with van der Waals surface area (Å²) in [5.41, 5.74) is 0. The molecule has 1 atom stereocenters. The number of carbonyl (C=O) groups excluding carboxylic acids is 1. The summed E-state index contributed by atoms with van der Waals surface area (Å²) < 4.78 is 4.30. The van der Waals surface area contributed by atoms with E-state index in [0.717, 1.165) is 0 Å². The summed E-state index contributed by atoms with van der Waals surface area (Å²) in [6.45, 7) is 1.52. The van der Waals surface area contributed by atoms with Gasteiger partial charge in [0.05, 0.1) is 0 Å². The first-order valence-corrected chi connectivity index (χ1v) is 3.02. The van der Waals surface area contributed by atoms with Crippen LogP contribution in [0.3, 0.4) is 0 Å². The number of carbonyl (C=O) groups is 1. The number of hydrogen-bond donors (Lipinski definition) is 0. The zero-order chi connectivity index (χ0) is 6.57. The average molecular weight is 157 g/mol. The van der Waals surface area contributed by atoms with E-state index in [1.165, 1.54) is 6.92 Å². The Labute approximate surface area is 57.7 Å². The van der Waals surface area contributed by atoms with E-state index in [1.807, 2.05) is 0 Å². The molecule has 48 valence electrons. The van der Waals surface area contributed by atoms with Crippen molar-refractivity contribution in [3.05, 3.63) is 0 Å². The molecule has 0 aromatic carbocycles. The molecule has 0 saturated carbocycles. The van der Waals surface area contributed by atoms with Gasteiger partial charge < -0.3 is 4.74 Å². The Morgan fingerprint density at radius 3 is 2.50 bits per heavy atom. The van der Waals surface area contributed by atoms with Crippen molar-refractivity contribution in [3.8, 4) is 0 Å². The van der Waals surface area contributed by atoms with Crippen LogP contribution in [-0.4, -0.2) is 17.4 Å². The number of halogens is 2. The number of hydrogen-bond acceptors (Lipinski definition) is 2. The van der Waals surface area contributed by atoms with Crippen molar-refractivity contribution in [2.75, 3.05) is 6.07 Å². The molecule has 0 aliphatic carbocycles. The van der Waals surface area contributed by atoms with Crippen LogP contribution in [0.25, 0.3) is 0 Å². The van der Waals surface area contributed by atoms with Crippen LogP contribution < -0.4 is 0 Å². The summed E-state index contributed by atoms with van der Waals surface area (Å²) in [6.07, 6.45) is 0. The van der Waals surface area contributed by atoms with Crippen molar-refractivity contribution in [3.63, 3.8) is 0 Å². The van der Waals surface area contributed by atoms with Gasteiger partial charge in [0.1, 0.15) is 5.38 Å². The second kappa shape index (κ2) is 3.98. The molecular weight excluding hydrogens is 151 g/mol. The van der Waals surface area contributed by atoms with Crippen molar-refractivity contribution in [1.29, 1.82) is 0 Å². The molecule has 1 unspecified atom stereocenters. The summed E-state index contributed by atoms with van der Waals surface area (Å²) in [5, 5.41) is -0.603. The zero-order valence-electron chi connectivity index (χ0n) is 4.36. The molecule has 0 heterocycles. The van der Waals surface area contributed by atoms with E-state index in [-0.39, 0.29) is 6.07 Å². The Bertz CT molecular complexity index is 82.1. The first-order chi connectivity index (χ1) is 3.68. The van der Waals surface area contributed by atoms with Gasteiger partial charge in [-0.25, -0.2) is 0 Å². The first kappa shape index (κ1) is 8.05. The molecule has 0 amide bonds. The number of alkyl halides is 2. The van der Waals surface area contributed by atoms with Crippen molar-refractivity contribution >= 4 is 29.2 Å². The molecule has 0 radical (unpaired) electrons. The molecule has 0 aliphatic heterocycles. The molecule has 4 heteroatoms. The molecule has 0 aliphatic rings. The fraction of sp³-hybridized carbons (Fsp3) is 0.750. The molecule has 0 N–H and O–H groups in total. The highest BCUT2D eigenvalue weighted by molar-refractivity contribution is 6.29. The van der Waals surface area contributed by atoms with E-state index in [4.69, 9.17) is 23.2 Å². The van der Waals surface area contributed by atoms with E-state index >= 15 is 0 Å². The number of esters is 1. The molecule has 0 rings (SSSR count). The van der Waals surface area contributed by atoms with Crippen LogP contribution in [-0.2, 0) is 9.53 Å². The fourth-order valence-electron chi connectivity index (χ4n) is 0.169. The maximum Gasteiger partial charge on any atom is 0.324 e. The van der Waals surface area contributed by atoms with Crippen molar-refractivity contribution in [2.24, 2.45) is 0 Å². The minimum Gasteiger partial charge on any atom is -0.448 e. The molecule has 8 heavy (non-hydrogen) atoms. The minimum absolute atomic E-state index is 0.129. The van der Waals surface area contributed by atoms with Crippen LogP contribution in [0.1, 0.15) is 6.92 Å². The average Bonchev–Trinajstić information content (AvgIpc) is 1.67. The van der Waals surface area contributed by atoms with Crippen LogP contribution in [0.4, 0.5) is 0 Å². The summed E-state index contributed by atoms with van der Waals surface area (Å²) in [7, 11) is 0. The number of ether oxygens (including phenoxy) is 1. The summed E-state index contributed by atoms with van der Waals surface area (Å²) in [4.78, 5) is 10.3. The minimum atomic E-state index is -0.603. The smallest absolute Gasteiger partial charge is 0.324 e. The molecular formula is C4H6Cl2O2. The Hall–Kier alpha value is 0.0500. The highest BCUT2D eigenvalue weighted by atomic mass is 35.5. The topological polar surface area (TPSA) is 26.3 Å². The molecule has 2 nitrogen and oxygen atoms in total. The molecule has 0 spiro atoms. The van der Waals surface area contributed by atoms with Gasteiger partial charge in [-0.1, -0.05) is 11.6 Å². The standard InChI is InChI=1S/C4H6Cl2O2/c1-3(6)4(7)8-2-5/h3H,2H2,1H3. The van der Waals surface area contributed by atoms with E-state index in [1.54, 1.807) is 0 Å². The van der Waals surface area contributed by atoms with Gasteiger partial charge in [-0.3, -0.25) is 4.79 Å². The largest absolute Gasteiger partial charge is 0.448 e. The summed E-state index contributed by atoms with van der Waals surface area (Å²) in [5.74, 6) is -0.485. The lowest BCUT2D eigenvalue weighted by Gasteiger charge is -1.98. The lowest BCUT2D eigenvalue weighted by molar-refractivity contribution is -0.140. The van der Waals surface area contributed by atoms with Crippen LogP contribution in [0.15, 0.2) is 0 Å². The summed E-state index contributed by atoms with van der Waals surface area (Å²) >= 11 is 10.3. The van der Waals surface area contributed by atoms with Crippen molar-refractivity contribution < 1.29 is 9.53 Å². The Morgan fingerprint density at radius 1 is 1.88 bits per heavy atom. The second-order valence-electron chi connectivity index (χ2n) is 1.19. The van der Waals surface area contributed by atoms with Crippen molar-refractivity contribution in [1.82, 2.24) is 0 Å². The van der Waals surface area contributed by atoms with E-state index in [0.29, 0.717) is 0 Å². The van der Waals surface area contributed by atoms with Crippen molar-refractivity contribution in [2.45, 2.75) is 12.3 Å². The van der Waals surface area contributed by atoms with E-state index in [9.17, 15) is 4.79 Å². The van der Waals surface area contributed by atoms with Gasteiger partial charge in [-0.05, 0) is 6.92 Å².